The smallest absolute Gasteiger partial charge is 0.389 e. The highest BCUT2D eigenvalue weighted by Gasteiger charge is 2.26. The Kier molecular flexibility index (Phi) is 4.05. The number of nitrogens with zero attached hydrogens (tertiary/aromatic N) is 3. The Balaban J connectivity index is 2.30. The van der Waals surface area contributed by atoms with Crippen LogP contribution in [0, 0.1) is 11.3 Å². The van der Waals surface area contributed by atoms with Crippen LogP contribution in [0.4, 0.5) is 13.2 Å². The van der Waals surface area contributed by atoms with Gasteiger partial charge in [-0.15, -0.1) is 0 Å². The second-order valence-electron chi connectivity index (χ2n) is 2.92. The monoisotopic (exact) mass is 231 g/mol. The van der Waals surface area contributed by atoms with Crippen molar-refractivity contribution in [3.8, 4) is 11.9 Å². The van der Waals surface area contributed by atoms with Crippen molar-refractivity contribution in [2.75, 3.05) is 6.61 Å². The van der Waals surface area contributed by atoms with Crippen molar-refractivity contribution < 1.29 is 17.9 Å². The minimum atomic E-state index is -4.17. The molecule has 1 aromatic rings. The molecule has 7 heteroatoms. The van der Waals surface area contributed by atoms with Crippen molar-refractivity contribution in [1.82, 2.24) is 9.97 Å². The molecule has 0 atom stereocenters. The highest BCUT2D eigenvalue weighted by Crippen LogP contribution is 2.21. The summed E-state index contributed by atoms with van der Waals surface area (Å²) in [5.41, 5.74) is 0.127. The van der Waals surface area contributed by atoms with E-state index < -0.39 is 12.6 Å². The molecule has 0 aliphatic heterocycles. The van der Waals surface area contributed by atoms with Gasteiger partial charge in [-0.2, -0.15) is 18.4 Å². The zero-order valence-corrected chi connectivity index (χ0v) is 8.16. The molecule has 0 N–H and O–H groups in total. The Hall–Kier alpha value is -1.84. The predicted octanol–water partition coefficient (Wildman–Crippen LogP) is 2.07. The first-order chi connectivity index (χ1) is 7.51. The summed E-state index contributed by atoms with van der Waals surface area (Å²) in [7, 11) is 0. The van der Waals surface area contributed by atoms with Gasteiger partial charge in [-0.05, 0) is 6.42 Å². The number of aromatic nitrogens is 2. The number of alkyl halides is 3. The lowest BCUT2D eigenvalue weighted by atomic mass is 10.3. The lowest BCUT2D eigenvalue weighted by Crippen LogP contribution is -2.10. The van der Waals surface area contributed by atoms with Crippen LogP contribution in [0.3, 0.4) is 0 Å². The maximum Gasteiger partial charge on any atom is 0.389 e. The molecule has 0 spiro atoms. The molecule has 0 amide bonds. The zero-order chi connectivity index (χ0) is 12.0. The van der Waals surface area contributed by atoms with E-state index >= 15 is 0 Å². The molecule has 0 bridgehead atoms. The molecule has 0 fully saturated rings. The molecule has 0 unspecified atom stereocenters. The van der Waals surface area contributed by atoms with Crippen LogP contribution in [0.1, 0.15) is 18.5 Å². The zero-order valence-electron chi connectivity index (χ0n) is 8.16. The second kappa shape index (κ2) is 5.30. The van der Waals surface area contributed by atoms with Crippen LogP contribution in [0.5, 0.6) is 5.88 Å². The third kappa shape index (κ3) is 4.59. The molecule has 0 aliphatic carbocycles. The van der Waals surface area contributed by atoms with Gasteiger partial charge in [-0.1, -0.05) is 0 Å². The first-order valence-corrected chi connectivity index (χ1v) is 4.43. The van der Waals surface area contributed by atoms with Gasteiger partial charge < -0.3 is 4.74 Å². The van der Waals surface area contributed by atoms with Gasteiger partial charge in [-0.25, -0.2) is 9.97 Å². The van der Waals surface area contributed by atoms with Gasteiger partial charge in [0, 0.05) is 6.42 Å². The standard InChI is InChI=1S/C9H8F3N3O/c10-9(11,12)2-1-3-16-8-6-14-7(4-13)5-15-8/h5-6H,1-3H2. The van der Waals surface area contributed by atoms with Crippen molar-refractivity contribution in [2.24, 2.45) is 0 Å². The molecule has 0 aliphatic rings. The van der Waals surface area contributed by atoms with Gasteiger partial charge in [0.2, 0.25) is 5.88 Å². The van der Waals surface area contributed by atoms with E-state index in [0.717, 1.165) is 0 Å². The van der Waals surface area contributed by atoms with E-state index in [-0.39, 0.29) is 24.6 Å². The first-order valence-electron chi connectivity index (χ1n) is 4.43. The summed E-state index contributed by atoms with van der Waals surface area (Å²) in [6.07, 6.45) is -2.80. The quantitative estimate of drug-likeness (QED) is 0.744. The Bertz CT molecular complexity index is 369. The van der Waals surface area contributed by atoms with E-state index in [2.05, 4.69) is 9.97 Å². The summed E-state index contributed by atoms with van der Waals surface area (Å²) in [4.78, 5) is 7.35. The largest absolute Gasteiger partial charge is 0.477 e. The summed E-state index contributed by atoms with van der Waals surface area (Å²) in [6, 6.07) is 1.76. The normalized spacial score (nSPS) is 10.9. The Morgan fingerprint density at radius 1 is 1.31 bits per heavy atom. The van der Waals surface area contributed by atoms with Gasteiger partial charge in [0.15, 0.2) is 5.69 Å². The molecule has 0 radical (unpaired) electrons. The average molecular weight is 231 g/mol. The molecule has 1 aromatic heterocycles. The van der Waals surface area contributed by atoms with Crippen molar-refractivity contribution in [1.29, 1.82) is 5.26 Å². The van der Waals surface area contributed by atoms with Crippen LogP contribution < -0.4 is 4.74 Å². The van der Waals surface area contributed by atoms with Gasteiger partial charge in [0.1, 0.15) is 6.07 Å². The van der Waals surface area contributed by atoms with Gasteiger partial charge in [0.25, 0.3) is 0 Å². The topological polar surface area (TPSA) is 58.8 Å². The Labute approximate surface area is 89.7 Å². The summed E-state index contributed by atoms with van der Waals surface area (Å²) in [5, 5.41) is 8.41. The van der Waals surface area contributed by atoms with Crippen LogP contribution in [0.25, 0.3) is 0 Å². The molecule has 86 valence electrons. The van der Waals surface area contributed by atoms with E-state index in [0.29, 0.717) is 0 Å². The Morgan fingerprint density at radius 2 is 2.06 bits per heavy atom. The van der Waals surface area contributed by atoms with Crippen molar-refractivity contribution in [3.63, 3.8) is 0 Å². The van der Waals surface area contributed by atoms with E-state index in [1.165, 1.54) is 12.4 Å². The SMILES string of the molecule is N#Cc1cnc(OCCCC(F)(F)F)cn1. The van der Waals surface area contributed by atoms with Crippen molar-refractivity contribution in [2.45, 2.75) is 19.0 Å². The fourth-order valence-corrected chi connectivity index (χ4v) is 0.898. The van der Waals surface area contributed by atoms with E-state index in [1.807, 2.05) is 0 Å². The second-order valence-corrected chi connectivity index (χ2v) is 2.92. The number of halogens is 3. The van der Waals surface area contributed by atoms with Gasteiger partial charge >= 0.3 is 6.18 Å². The fraction of sp³-hybridized carbons (Fsp3) is 0.444. The molecular weight excluding hydrogens is 223 g/mol. The van der Waals surface area contributed by atoms with Crippen LogP contribution in [0.2, 0.25) is 0 Å². The molecule has 0 saturated carbocycles. The van der Waals surface area contributed by atoms with Crippen molar-refractivity contribution in [3.05, 3.63) is 18.1 Å². The van der Waals surface area contributed by atoms with E-state index in [4.69, 9.17) is 10.00 Å². The van der Waals surface area contributed by atoms with Gasteiger partial charge in [-0.3, -0.25) is 0 Å². The lowest BCUT2D eigenvalue weighted by Gasteiger charge is -2.06. The first kappa shape index (κ1) is 12.2. The summed E-state index contributed by atoms with van der Waals surface area (Å²) in [5.74, 6) is 0.112. The number of rotatable bonds is 4. The highest BCUT2D eigenvalue weighted by atomic mass is 19.4. The summed E-state index contributed by atoms with van der Waals surface area (Å²) < 4.78 is 40.2. The maximum atomic E-state index is 11.8. The molecule has 4 nitrogen and oxygen atoms in total. The molecule has 0 aromatic carbocycles. The fourth-order valence-electron chi connectivity index (χ4n) is 0.898. The predicted molar refractivity (Wildman–Crippen MR) is 47.5 cm³/mol. The van der Waals surface area contributed by atoms with Crippen LogP contribution in [-0.2, 0) is 0 Å². The van der Waals surface area contributed by atoms with Gasteiger partial charge in [0.05, 0.1) is 19.0 Å². The van der Waals surface area contributed by atoms with Crippen LogP contribution in [-0.4, -0.2) is 22.8 Å². The minimum Gasteiger partial charge on any atom is -0.477 e. The third-order valence-corrected chi connectivity index (χ3v) is 1.60. The van der Waals surface area contributed by atoms with E-state index in [9.17, 15) is 13.2 Å². The number of ether oxygens (including phenoxy) is 1. The number of hydrogen-bond donors (Lipinski definition) is 0. The minimum absolute atomic E-state index is 0.0832. The molecule has 16 heavy (non-hydrogen) atoms. The summed E-state index contributed by atoms with van der Waals surface area (Å²) >= 11 is 0. The lowest BCUT2D eigenvalue weighted by molar-refractivity contribution is -0.136. The maximum absolute atomic E-state index is 11.8. The summed E-state index contributed by atoms with van der Waals surface area (Å²) in [6.45, 7) is -0.0832. The van der Waals surface area contributed by atoms with Crippen LogP contribution >= 0.6 is 0 Å². The number of hydrogen-bond acceptors (Lipinski definition) is 4. The Morgan fingerprint density at radius 3 is 2.56 bits per heavy atom. The van der Waals surface area contributed by atoms with Crippen molar-refractivity contribution >= 4 is 0 Å². The van der Waals surface area contributed by atoms with E-state index in [1.54, 1.807) is 6.07 Å². The molecule has 1 rings (SSSR count). The number of nitriles is 1. The average Bonchev–Trinajstić information content (AvgIpc) is 2.24. The molecule has 1 heterocycles. The molecular formula is C9H8F3N3O. The molecule has 0 saturated heterocycles. The highest BCUT2D eigenvalue weighted by molar-refractivity contribution is 5.18. The van der Waals surface area contributed by atoms with Crippen LogP contribution in [0.15, 0.2) is 12.4 Å². The third-order valence-electron chi connectivity index (χ3n) is 1.60.